The molecule has 1 aliphatic rings. The maximum Gasteiger partial charge on any atom is 0.264 e. The molecule has 1 aromatic rings. The highest BCUT2D eigenvalue weighted by molar-refractivity contribution is 7.80. The lowest BCUT2D eigenvalue weighted by Crippen LogP contribution is -2.42. The zero-order valence-electron chi connectivity index (χ0n) is 11.0. The molecule has 1 amide bonds. The summed E-state index contributed by atoms with van der Waals surface area (Å²) in [6.45, 7) is 3.79. The molecule has 0 radical (unpaired) electrons. The van der Waals surface area contributed by atoms with Crippen molar-refractivity contribution < 1.29 is 9.53 Å². The van der Waals surface area contributed by atoms with Crippen LogP contribution < -0.4 is 10.1 Å². The number of amides is 1. The molecule has 5 heteroatoms. The van der Waals surface area contributed by atoms with Gasteiger partial charge < -0.3 is 15.0 Å². The third-order valence-electron chi connectivity index (χ3n) is 3.09. The molecule has 19 heavy (non-hydrogen) atoms. The first-order valence-electron chi connectivity index (χ1n) is 6.44. The Bertz CT molecular complexity index is 470. The first-order valence-corrected chi connectivity index (χ1v) is 6.85. The summed E-state index contributed by atoms with van der Waals surface area (Å²) < 4.78 is 5.47. The number of para-hydroxylation sites is 1. The highest BCUT2D eigenvalue weighted by Gasteiger charge is 2.16. The molecule has 1 saturated heterocycles. The number of nitrogens with zero attached hydrogens (tertiary/aromatic N) is 1. The minimum Gasteiger partial charge on any atom is -0.483 e. The fourth-order valence-electron chi connectivity index (χ4n) is 2.02. The van der Waals surface area contributed by atoms with Gasteiger partial charge in [0.25, 0.3) is 5.91 Å². The zero-order chi connectivity index (χ0) is 13.7. The van der Waals surface area contributed by atoms with Crippen molar-refractivity contribution in [1.29, 1.82) is 0 Å². The zero-order valence-corrected chi connectivity index (χ0v) is 11.8. The van der Waals surface area contributed by atoms with E-state index in [1.54, 1.807) is 0 Å². The summed E-state index contributed by atoms with van der Waals surface area (Å²) in [7, 11) is 0. The molecule has 1 heterocycles. The van der Waals surface area contributed by atoms with Gasteiger partial charge in [-0.15, -0.1) is 0 Å². The normalized spacial score (nSPS) is 14.3. The number of carbonyl (C=O) groups excluding carboxylic acids is 1. The molecule has 0 unspecified atom stereocenters. The molecule has 1 aromatic carbocycles. The molecule has 0 saturated carbocycles. The molecule has 0 aromatic heterocycles. The van der Waals surface area contributed by atoms with Crippen molar-refractivity contribution >= 4 is 23.2 Å². The quantitative estimate of drug-likeness (QED) is 0.857. The minimum atomic E-state index is -0.208. The second-order valence-corrected chi connectivity index (χ2v) is 4.99. The predicted molar refractivity (Wildman–Crippen MR) is 78.2 cm³/mol. The van der Waals surface area contributed by atoms with Crippen LogP contribution in [0.3, 0.4) is 0 Å². The summed E-state index contributed by atoms with van der Waals surface area (Å²) in [5.74, 6) is 0.518. The van der Waals surface area contributed by atoms with Crippen LogP contribution in [0.25, 0.3) is 0 Å². The van der Waals surface area contributed by atoms with Crippen LogP contribution in [0.5, 0.6) is 5.75 Å². The van der Waals surface area contributed by atoms with Gasteiger partial charge in [-0.25, -0.2) is 0 Å². The van der Waals surface area contributed by atoms with Crippen molar-refractivity contribution in [2.24, 2.45) is 0 Å². The summed E-state index contributed by atoms with van der Waals surface area (Å²) in [4.78, 5) is 13.8. The Hall–Kier alpha value is -1.62. The summed E-state index contributed by atoms with van der Waals surface area (Å²) in [5, 5.41) is 3.22. The third kappa shape index (κ3) is 3.92. The number of hydrogen-bond acceptors (Lipinski definition) is 3. The molecule has 1 fully saturated rings. The van der Waals surface area contributed by atoms with Crippen LogP contribution in [0.2, 0.25) is 0 Å². The Labute approximate surface area is 118 Å². The van der Waals surface area contributed by atoms with Crippen molar-refractivity contribution in [3.8, 4) is 5.75 Å². The second kappa shape index (κ2) is 6.52. The fraction of sp³-hybridized carbons (Fsp3) is 0.429. The Balaban J connectivity index is 1.78. The Morgan fingerprint density at radius 1 is 1.37 bits per heavy atom. The Morgan fingerprint density at radius 2 is 2.05 bits per heavy atom. The standard InChI is InChI=1S/C14H18N2O2S/c1-11-6-2-3-7-12(11)18-10-13(17)15-14(19)16-8-4-5-9-16/h2-3,6-7H,4-5,8-10H2,1H3,(H,15,17,19). The monoisotopic (exact) mass is 278 g/mol. The van der Waals surface area contributed by atoms with Gasteiger partial charge in [0.2, 0.25) is 0 Å². The number of rotatable bonds is 3. The fourth-order valence-corrected chi connectivity index (χ4v) is 2.31. The van der Waals surface area contributed by atoms with E-state index in [-0.39, 0.29) is 12.5 Å². The van der Waals surface area contributed by atoms with Crippen molar-refractivity contribution in [2.45, 2.75) is 19.8 Å². The van der Waals surface area contributed by atoms with E-state index in [9.17, 15) is 4.79 Å². The van der Waals surface area contributed by atoms with Gasteiger partial charge in [0.1, 0.15) is 5.75 Å². The van der Waals surface area contributed by atoms with Gasteiger partial charge in [-0.05, 0) is 43.6 Å². The number of thiocarbonyl (C=S) groups is 1. The highest BCUT2D eigenvalue weighted by Crippen LogP contribution is 2.15. The number of aryl methyl sites for hydroxylation is 1. The van der Waals surface area contributed by atoms with Crippen LogP contribution in [-0.2, 0) is 4.79 Å². The lowest BCUT2D eigenvalue weighted by Gasteiger charge is -2.18. The maximum atomic E-state index is 11.7. The Morgan fingerprint density at radius 3 is 2.74 bits per heavy atom. The molecule has 0 bridgehead atoms. The molecular formula is C14H18N2O2S. The maximum absolute atomic E-state index is 11.7. The van der Waals surface area contributed by atoms with Gasteiger partial charge in [0.15, 0.2) is 11.7 Å². The van der Waals surface area contributed by atoms with E-state index < -0.39 is 0 Å². The minimum absolute atomic E-state index is 0.0150. The van der Waals surface area contributed by atoms with Crippen LogP contribution >= 0.6 is 12.2 Å². The van der Waals surface area contributed by atoms with Crippen molar-refractivity contribution in [2.75, 3.05) is 19.7 Å². The number of carbonyl (C=O) groups is 1. The van der Waals surface area contributed by atoms with Crippen LogP contribution in [0, 0.1) is 6.92 Å². The van der Waals surface area contributed by atoms with Gasteiger partial charge in [-0.1, -0.05) is 18.2 Å². The molecule has 2 rings (SSSR count). The predicted octanol–water partition coefficient (Wildman–Crippen LogP) is 1.87. The highest BCUT2D eigenvalue weighted by atomic mass is 32.1. The van der Waals surface area contributed by atoms with E-state index in [0.29, 0.717) is 5.11 Å². The van der Waals surface area contributed by atoms with E-state index >= 15 is 0 Å². The van der Waals surface area contributed by atoms with E-state index in [2.05, 4.69) is 5.32 Å². The van der Waals surface area contributed by atoms with Crippen LogP contribution in [-0.4, -0.2) is 35.6 Å². The summed E-state index contributed by atoms with van der Waals surface area (Å²) >= 11 is 5.19. The van der Waals surface area contributed by atoms with Crippen molar-refractivity contribution in [3.05, 3.63) is 29.8 Å². The number of benzene rings is 1. The molecule has 0 aliphatic carbocycles. The van der Waals surface area contributed by atoms with Gasteiger partial charge in [0.05, 0.1) is 0 Å². The molecule has 0 spiro atoms. The van der Waals surface area contributed by atoms with Gasteiger partial charge in [0, 0.05) is 13.1 Å². The molecule has 0 atom stereocenters. The summed E-state index contributed by atoms with van der Waals surface area (Å²) in [6, 6.07) is 7.61. The number of hydrogen-bond donors (Lipinski definition) is 1. The summed E-state index contributed by atoms with van der Waals surface area (Å²) in [5.41, 5.74) is 1.01. The first kappa shape index (κ1) is 13.8. The van der Waals surface area contributed by atoms with E-state index in [4.69, 9.17) is 17.0 Å². The second-order valence-electron chi connectivity index (χ2n) is 4.60. The molecule has 1 N–H and O–H groups in total. The van der Waals surface area contributed by atoms with E-state index in [0.717, 1.165) is 37.2 Å². The van der Waals surface area contributed by atoms with Crippen LogP contribution in [0.1, 0.15) is 18.4 Å². The molecule has 1 aliphatic heterocycles. The lowest BCUT2D eigenvalue weighted by atomic mass is 10.2. The average Bonchev–Trinajstić information content (AvgIpc) is 2.91. The Kier molecular flexibility index (Phi) is 4.74. The number of nitrogens with one attached hydrogen (secondary N) is 1. The van der Waals surface area contributed by atoms with Gasteiger partial charge >= 0.3 is 0 Å². The molecular weight excluding hydrogens is 260 g/mol. The van der Waals surface area contributed by atoms with Crippen molar-refractivity contribution in [1.82, 2.24) is 10.2 Å². The lowest BCUT2D eigenvalue weighted by molar-refractivity contribution is -0.121. The largest absolute Gasteiger partial charge is 0.483 e. The van der Waals surface area contributed by atoms with E-state index in [1.165, 1.54) is 0 Å². The topological polar surface area (TPSA) is 41.6 Å². The number of likely N-dealkylation sites (tertiary alicyclic amines) is 1. The third-order valence-corrected chi connectivity index (χ3v) is 3.45. The summed E-state index contributed by atoms with van der Waals surface area (Å²) in [6.07, 6.45) is 2.27. The molecule has 102 valence electrons. The van der Waals surface area contributed by atoms with Crippen molar-refractivity contribution in [3.63, 3.8) is 0 Å². The SMILES string of the molecule is Cc1ccccc1OCC(=O)NC(=S)N1CCCC1. The van der Waals surface area contributed by atoms with Crippen LogP contribution in [0.4, 0.5) is 0 Å². The van der Waals surface area contributed by atoms with Gasteiger partial charge in [-0.3, -0.25) is 4.79 Å². The smallest absolute Gasteiger partial charge is 0.264 e. The molecule has 4 nitrogen and oxygen atoms in total. The first-order chi connectivity index (χ1) is 9.16. The van der Waals surface area contributed by atoms with E-state index in [1.807, 2.05) is 36.1 Å². The van der Waals surface area contributed by atoms with Gasteiger partial charge in [-0.2, -0.15) is 0 Å². The number of ether oxygens (including phenoxy) is 1. The van der Waals surface area contributed by atoms with Crippen LogP contribution in [0.15, 0.2) is 24.3 Å². The average molecular weight is 278 g/mol.